The molecule has 3 aromatic rings. The summed E-state index contributed by atoms with van der Waals surface area (Å²) in [5, 5.41) is 1.11. The topological polar surface area (TPSA) is 163 Å². The van der Waals surface area contributed by atoms with Gasteiger partial charge in [-0.2, -0.15) is 15.0 Å². The van der Waals surface area contributed by atoms with Gasteiger partial charge in [-0.15, -0.1) is 12.4 Å². The monoisotopic (exact) mass is 540 g/mol. The normalized spacial score (nSPS) is 23.2. The maximum Gasteiger partial charge on any atom is 0.240 e. The zero-order valence-electron chi connectivity index (χ0n) is 18.5. The first-order valence-corrected chi connectivity index (χ1v) is 11.6. The van der Waals surface area contributed by atoms with Crippen molar-refractivity contribution in [2.75, 3.05) is 36.0 Å². The molecular formula is C21H34BrClN10. The molecule has 12 heteroatoms. The van der Waals surface area contributed by atoms with Gasteiger partial charge < -0.3 is 33.2 Å². The summed E-state index contributed by atoms with van der Waals surface area (Å²) in [5.41, 5.74) is 19.8. The van der Waals surface area contributed by atoms with Crippen molar-refractivity contribution in [2.45, 2.75) is 37.4 Å². The van der Waals surface area contributed by atoms with E-state index in [-0.39, 0.29) is 38.1 Å². The lowest BCUT2D eigenvalue weighted by atomic mass is 10.0. The molecule has 182 valence electrons. The van der Waals surface area contributed by atoms with Crippen molar-refractivity contribution in [3.05, 3.63) is 34.9 Å². The number of nitrogens with two attached hydrogens (primary N) is 3. The van der Waals surface area contributed by atoms with E-state index in [4.69, 9.17) is 32.2 Å². The van der Waals surface area contributed by atoms with Crippen LogP contribution in [-0.2, 0) is 0 Å². The smallest absolute Gasteiger partial charge is 0.240 e. The molecule has 2 aliphatic heterocycles. The molecule has 9 N–H and O–H groups in total. The Balaban J connectivity index is 0.00000136. The molecule has 2 aliphatic rings. The fourth-order valence-corrected chi connectivity index (χ4v) is 4.93. The van der Waals surface area contributed by atoms with Gasteiger partial charge in [-0.1, -0.05) is 15.9 Å². The first-order chi connectivity index (χ1) is 15.0. The summed E-state index contributed by atoms with van der Waals surface area (Å²) >= 11 is 3.54. The maximum absolute atomic E-state index is 6.24. The number of nitrogens with zero attached hydrogens (tertiary/aromatic N) is 6. The molecule has 2 fully saturated rings. The van der Waals surface area contributed by atoms with Crippen LogP contribution in [-0.4, -0.2) is 63.8 Å². The van der Waals surface area contributed by atoms with E-state index in [2.05, 4.69) is 43.9 Å². The van der Waals surface area contributed by atoms with Crippen LogP contribution in [0.3, 0.4) is 0 Å². The summed E-state index contributed by atoms with van der Waals surface area (Å²) in [6.45, 7) is 2.97. The number of piperidine rings is 2. The Hall–Kier alpha value is -2.02. The Morgan fingerprint density at radius 1 is 0.879 bits per heavy atom. The van der Waals surface area contributed by atoms with Crippen LogP contribution in [0.25, 0.3) is 16.9 Å². The lowest BCUT2D eigenvalue weighted by Gasteiger charge is -2.35. The molecule has 0 bridgehead atoms. The standard InChI is InChI=1S/C21H28BrN9.ClH.H3N.H2/c22-14-3-4-18-13(8-14)5-7-31(18)21-27-19(29-6-1-2-15(23)10-29)26-20(28-21)30-11-16(24)9-17(25)12-30;;;/h3-5,7-8,15-17H,1-2,6,9-12,23-25H2;1H;1H3;1H/t15-,16-,17+;;;/m1.../s1. The third kappa shape index (κ3) is 5.39. The molecule has 4 heterocycles. The lowest BCUT2D eigenvalue weighted by Crippen LogP contribution is -2.53. The van der Waals surface area contributed by atoms with Crippen LogP contribution in [0.15, 0.2) is 34.9 Å². The van der Waals surface area contributed by atoms with Gasteiger partial charge in [0.05, 0.1) is 5.52 Å². The Bertz CT molecular complexity index is 1090. The van der Waals surface area contributed by atoms with Crippen LogP contribution in [0.1, 0.15) is 20.7 Å². The average molecular weight is 542 g/mol. The molecule has 33 heavy (non-hydrogen) atoms. The first kappa shape index (κ1) is 25.6. The first-order valence-electron chi connectivity index (χ1n) is 10.8. The van der Waals surface area contributed by atoms with Gasteiger partial charge >= 0.3 is 0 Å². The van der Waals surface area contributed by atoms with Gasteiger partial charge in [0.2, 0.25) is 17.8 Å². The van der Waals surface area contributed by atoms with Gasteiger partial charge in [-0.05, 0) is 43.5 Å². The minimum Gasteiger partial charge on any atom is -0.344 e. The predicted molar refractivity (Wildman–Crippen MR) is 141 cm³/mol. The molecule has 0 radical (unpaired) electrons. The van der Waals surface area contributed by atoms with E-state index in [9.17, 15) is 0 Å². The minimum absolute atomic E-state index is 0. The van der Waals surface area contributed by atoms with Crippen molar-refractivity contribution in [3.63, 3.8) is 0 Å². The van der Waals surface area contributed by atoms with Crippen LogP contribution in [0, 0.1) is 0 Å². The Morgan fingerprint density at radius 2 is 1.52 bits per heavy atom. The number of halogens is 2. The second-order valence-corrected chi connectivity index (χ2v) is 9.55. The molecule has 2 aromatic heterocycles. The third-order valence-corrected chi connectivity index (χ3v) is 6.50. The average Bonchev–Trinajstić information content (AvgIpc) is 3.16. The molecule has 0 aliphatic carbocycles. The second kappa shape index (κ2) is 10.5. The van der Waals surface area contributed by atoms with Gasteiger partial charge in [-0.3, -0.25) is 4.57 Å². The zero-order valence-corrected chi connectivity index (χ0v) is 20.9. The van der Waals surface area contributed by atoms with Crippen molar-refractivity contribution in [3.8, 4) is 5.95 Å². The van der Waals surface area contributed by atoms with Gasteiger partial charge in [0, 0.05) is 61.8 Å². The van der Waals surface area contributed by atoms with Crippen LogP contribution in [0.5, 0.6) is 0 Å². The molecule has 0 saturated carbocycles. The van der Waals surface area contributed by atoms with Crippen LogP contribution >= 0.6 is 28.3 Å². The second-order valence-electron chi connectivity index (χ2n) is 8.63. The fraction of sp³-hybridized carbons (Fsp3) is 0.476. The molecule has 0 amide bonds. The molecule has 10 nitrogen and oxygen atoms in total. The molecule has 3 atom stereocenters. The fourth-order valence-electron chi connectivity index (χ4n) is 4.56. The lowest BCUT2D eigenvalue weighted by molar-refractivity contribution is 0.446. The van der Waals surface area contributed by atoms with E-state index in [1.54, 1.807) is 0 Å². The summed E-state index contributed by atoms with van der Waals surface area (Å²) < 4.78 is 3.04. The summed E-state index contributed by atoms with van der Waals surface area (Å²) in [5.74, 6) is 1.86. The SMILES string of the molecule is Cl.N.N[C@@H]1CCCN(c2nc(N3C[C@H](N)C[C@H](N)C3)nc(-n3ccc4cc(Br)ccc43)n2)C1.[HH]. The minimum atomic E-state index is 0. The van der Waals surface area contributed by atoms with Crippen LogP contribution < -0.4 is 33.2 Å². The highest BCUT2D eigenvalue weighted by molar-refractivity contribution is 9.10. The largest absolute Gasteiger partial charge is 0.344 e. The number of rotatable bonds is 3. The Morgan fingerprint density at radius 3 is 2.21 bits per heavy atom. The van der Waals surface area contributed by atoms with E-state index < -0.39 is 0 Å². The van der Waals surface area contributed by atoms with Crippen molar-refractivity contribution in [1.29, 1.82) is 0 Å². The molecular weight excluding hydrogens is 508 g/mol. The number of aromatic nitrogens is 4. The van der Waals surface area contributed by atoms with Gasteiger partial charge in [0.25, 0.3) is 0 Å². The predicted octanol–water partition coefficient (Wildman–Crippen LogP) is 2.20. The summed E-state index contributed by atoms with van der Waals surface area (Å²) in [6, 6.07) is 8.36. The number of anilines is 2. The zero-order chi connectivity index (χ0) is 21.5. The molecule has 0 spiro atoms. The summed E-state index contributed by atoms with van der Waals surface area (Å²) in [4.78, 5) is 18.8. The highest BCUT2D eigenvalue weighted by Gasteiger charge is 2.27. The Labute approximate surface area is 209 Å². The third-order valence-electron chi connectivity index (χ3n) is 6.01. The highest BCUT2D eigenvalue weighted by atomic mass is 79.9. The summed E-state index contributed by atoms with van der Waals surface area (Å²) in [6.07, 6.45) is 4.85. The van der Waals surface area contributed by atoms with E-state index >= 15 is 0 Å². The van der Waals surface area contributed by atoms with E-state index in [1.165, 1.54) is 0 Å². The number of hydrogen-bond donors (Lipinski definition) is 4. The number of hydrogen-bond acceptors (Lipinski definition) is 9. The van der Waals surface area contributed by atoms with Crippen LogP contribution in [0.2, 0.25) is 0 Å². The van der Waals surface area contributed by atoms with Gasteiger partial charge in [0.15, 0.2) is 0 Å². The van der Waals surface area contributed by atoms with Crippen molar-refractivity contribution in [2.24, 2.45) is 17.2 Å². The van der Waals surface area contributed by atoms with Gasteiger partial charge in [-0.25, -0.2) is 0 Å². The molecule has 5 rings (SSSR count). The van der Waals surface area contributed by atoms with Gasteiger partial charge in [0.1, 0.15) is 0 Å². The van der Waals surface area contributed by atoms with E-state index in [0.717, 1.165) is 47.7 Å². The number of fused-ring (bicyclic) bond motifs is 1. The van der Waals surface area contributed by atoms with Crippen molar-refractivity contribution < 1.29 is 1.43 Å². The van der Waals surface area contributed by atoms with Crippen molar-refractivity contribution in [1.82, 2.24) is 25.7 Å². The van der Waals surface area contributed by atoms with Crippen LogP contribution in [0.4, 0.5) is 11.9 Å². The molecule has 0 unspecified atom stereocenters. The summed E-state index contributed by atoms with van der Waals surface area (Å²) in [7, 11) is 0. The van der Waals surface area contributed by atoms with E-state index in [1.807, 2.05) is 16.8 Å². The number of benzene rings is 1. The quantitative estimate of drug-likeness (QED) is 0.389. The maximum atomic E-state index is 6.24. The molecule has 2 saturated heterocycles. The van der Waals surface area contributed by atoms with E-state index in [0.29, 0.717) is 30.9 Å². The Kier molecular flexibility index (Phi) is 8.14. The van der Waals surface area contributed by atoms with Crippen molar-refractivity contribution >= 4 is 51.1 Å². The molecule has 1 aromatic carbocycles. The highest BCUT2D eigenvalue weighted by Crippen LogP contribution is 2.26.